The molecule has 0 spiro atoms. The second-order valence-corrected chi connectivity index (χ2v) is 4.77. The summed E-state index contributed by atoms with van der Waals surface area (Å²) in [6, 6.07) is 0.188. The summed E-state index contributed by atoms with van der Waals surface area (Å²) in [6.07, 6.45) is 9.22. The van der Waals surface area contributed by atoms with Gasteiger partial charge in [0.05, 0.1) is 12.4 Å². The fourth-order valence-electron chi connectivity index (χ4n) is 2.51. The number of fused-ring (bicyclic) bond motifs is 1. The lowest BCUT2D eigenvalue weighted by Crippen LogP contribution is -2.15. The fraction of sp³-hybridized carbons (Fsp3) is 0.417. The van der Waals surface area contributed by atoms with E-state index >= 15 is 0 Å². The number of aliphatic hydroxyl groups is 1. The summed E-state index contributed by atoms with van der Waals surface area (Å²) in [5.41, 5.74) is 1.37. The Labute approximate surface area is 109 Å². The Balaban J connectivity index is 2.04. The molecule has 0 unspecified atom stereocenters. The predicted molar refractivity (Wildman–Crippen MR) is 68.3 cm³/mol. The molecule has 1 aliphatic rings. The van der Waals surface area contributed by atoms with Gasteiger partial charge in [0.2, 0.25) is 0 Å². The van der Waals surface area contributed by atoms with Crippen molar-refractivity contribution in [2.75, 3.05) is 6.61 Å². The number of hydrogen-bond donors (Lipinski definition) is 1. The van der Waals surface area contributed by atoms with Gasteiger partial charge in [0, 0.05) is 6.61 Å². The van der Waals surface area contributed by atoms with Crippen LogP contribution in [0.5, 0.6) is 0 Å². The summed E-state index contributed by atoms with van der Waals surface area (Å²) in [5, 5.41) is 9.47. The molecule has 0 fully saturated rings. The maximum atomic E-state index is 9.10. The zero-order chi connectivity index (χ0) is 12.5. The van der Waals surface area contributed by atoms with Crippen molar-refractivity contribution in [1.82, 2.24) is 19.5 Å². The summed E-state index contributed by atoms with van der Waals surface area (Å²) >= 11 is 5.99. The first-order valence-corrected chi connectivity index (χ1v) is 6.29. The van der Waals surface area contributed by atoms with E-state index in [1.165, 1.54) is 6.33 Å². The highest BCUT2D eigenvalue weighted by Gasteiger charge is 2.25. The second kappa shape index (κ2) is 4.66. The van der Waals surface area contributed by atoms with Crippen LogP contribution in [0, 0.1) is 5.92 Å². The Hall–Kier alpha value is -1.46. The first kappa shape index (κ1) is 11.6. The molecule has 0 amide bonds. The molecule has 5 nitrogen and oxygen atoms in total. The molecule has 0 saturated heterocycles. The molecule has 0 saturated carbocycles. The van der Waals surface area contributed by atoms with Crippen LogP contribution in [0.15, 0.2) is 24.8 Å². The predicted octanol–water partition coefficient (Wildman–Crippen LogP) is 1.98. The second-order valence-electron chi connectivity index (χ2n) is 4.42. The molecule has 3 rings (SSSR count). The van der Waals surface area contributed by atoms with Crippen molar-refractivity contribution in [3.8, 4) is 0 Å². The molecule has 2 aromatic heterocycles. The van der Waals surface area contributed by atoms with Crippen LogP contribution < -0.4 is 0 Å². The van der Waals surface area contributed by atoms with E-state index in [0.29, 0.717) is 16.6 Å². The fourth-order valence-corrected chi connectivity index (χ4v) is 2.68. The van der Waals surface area contributed by atoms with E-state index in [-0.39, 0.29) is 12.6 Å². The van der Waals surface area contributed by atoms with E-state index in [2.05, 4.69) is 27.1 Å². The van der Waals surface area contributed by atoms with E-state index < -0.39 is 0 Å². The van der Waals surface area contributed by atoms with Gasteiger partial charge in [-0.3, -0.25) is 0 Å². The maximum absolute atomic E-state index is 9.10. The van der Waals surface area contributed by atoms with Crippen molar-refractivity contribution in [1.29, 1.82) is 0 Å². The number of allylic oxidation sites excluding steroid dienone is 2. The molecule has 0 bridgehead atoms. The lowest BCUT2D eigenvalue weighted by molar-refractivity contribution is 0.242. The van der Waals surface area contributed by atoms with Crippen molar-refractivity contribution >= 4 is 22.8 Å². The van der Waals surface area contributed by atoms with Gasteiger partial charge in [-0.05, 0) is 18.8 Å². The van der Waals surface area contributed by atoms with Crippen LogP contribution in [0.25, 0.3) is 11.2 Å². The topological polar surface area (TPSA) is 63.8 Å². The molecule has 2 aromatic rings. The number of nitrogens with zero attached hydrogens (tertiary/aromatic N) is 4. The Bertz CT molecular complexity index is 595. The zero-order valence-corrected chi connectivity index (χ0v) is 10.5. The van der Waals surface area contributed by atoms with Crippen molar-refractivity contribution in [2.24, 2.45) is 5.92 Å². The van der Waals surface area contributed by atoms with Gasteiger partial charge in [0.1, 0.15) is 11.8 Å². The molecule has 94 valence electrons. The number of aromatic nitrogens is 4. The Morgan fingerprint density at radius 1 is 1.39 bits per heavy atom. The third-order valence-electron chi connectivity index (χ3n) is 3.39. The number of rotatable bonds is 3. The SMILES string of the molecule is OCC[C@@H]1CC=C[C@H]1n1cnc2c(Cl)ncnc21. The largest absolute Gasteiger partial charge is 0.396 e. The van der Waals surface area contributed by atoms with Crippen molar-refractivity contribution in [3.05, 3.63) is 30.0 Å². The van der Waals surface area contributed by atoms with Crippen LogP contribution in [0.3, 0.4) is 0 Å². The van der Waals surface area contributed by atoms with Crippen LogP contribution in [0.4, 0.5) is 0 Å². The van der Waals surface area contributed by atoms with E-state index in [1.807, 2.05) is 4.57 Å². The van der Waals surface area contributed by atoms with Crippen LogP contribution in [0.2, 0.25) is 5.15 Å². The third-order valence-corrected chi connectivity index (χ3v) is 3.67. The lowest BCUT2D eigenvalue weighted by Gasteiger charge is -2.19. The van der Waals surface area contributed by atoms with Crippen LogP contribution in [0.1, 0.15) is 18.9 Å². The Kier molecular flexibility index (Phi) is 3.01. The summed E-state index contributed by atoms with van der Waals surface area (Å²) in [7, 11) is 0. The van der Waals surface area contributed by atoms with Gasteiger partial charge in [-0.2, -0.15) is 0 Å². The van der Waals surface area contributed by atoms with E-state index in [0.717, 1.165) is 18.5 Å². The molecule has 2 heterocycles. The number of hydrogen-bond acceptors (Lipinski definition) is 4. The highest BCUT2D eigenvalue weighted by molar-refractivity contribution is 6.33. The summed E-state index contributed by atoms with van der Waals surface area (Å²) in [4.78, 5) is 12.4. The first-order chi connectivity index (χ1) is 8.81. The van der Waals surface area contributed by atoms with Gasteiger partial charge in [0.15, 0.2) is 10.8 Å². The number of aliphatic hydroxyl groups excluding tert-OH is 1. The van der Waals surface area contributed by atoms with Gasteiger partial charge in [-0.1, -0.05) is 23.8 Å². The van der Waals surface area contributed by atoms with Gasteiger partial charge in [-0.15, -0.1) is 0 Å². The molecule has 1 aliphatic carbocycles. The molecule has 0 aliphatic heterocycles. The Morgan fingerprint density at radius 3 is 3.11 bits per heavy atom. The Morgan fingerprint density at radius 2 is 2.28 bits per heavy atom. The van der Waals surface area contributed by atoms with E-state index in [4.69, 9.17) is 16.7 Å². The monoisotopic (exact) mass is 264 g/mol. The minimum absolute atomic E-state index is 0.188. The zero-order valence-electron chi connectivity index (χ0n) is 9.70. The molecular weight excluding hydrogens is 252 g/mol. The standard InChI is InChI=1S/C12H13ClN4O/c13-11-10-12(15-6-14-11)17(7-16-10)9-3-1-2-8(9)4-5-18/h1,3,6-9,18H,2,4-5H2/t8-,9+/m0/s1. The first-order valence-electron chi connectivity index (χ1n) is 5.92. The molecule has 0 radical (unpaired) electrons. The summed E-state index contributed by atoms with van der Waals surface area (Å²) < 4.78 is 2.01. The molecule has 2 atom stereocenters. The molecule has 1 N–H and O–H groups in total. The maximum Gasteiger partial charge on any atom is 0.165 e. The van der Waals surface area contributed by atoms with E-state index in [1.54, 1.807) is 6.33 Å². The molecule has 6 heteroatoms. The highest BCUT2D eigenvalue weighted by atomic mass is 35.5. The van der Waals surface area contributed by atoms with Gasteiger partial charge in [-0.25, -0.2) is 15.0 Å². The third kappa shape index (κ3) is 1.79. The van der Waals surface area contributed by atoms with Crippen LogP contribution in [-0.4, -0.2) is 31.2 Å². The normalized spacial score (nSPS) is 23.0. The lowest BCUT2D eigenvalue weighted by atomic mass is 9.99. The van der Waals surface area contributed by atoms with Gasteiger partial charge in [0.25, 0.3) is 0 Å². The molecular formula is C12H13ClN4O. The summed E-state index contributed by atoms with van der Waals surface area (Å²) in [6.45, 7) is 0.200. The van der Waals surface area contributed by atoms with Crippen LogP contribution in [-0.2, 0) is 0 Å². The van der Waals surface area contributed by atoms with Crippen LogP contribution >= 0.6 is 11.6 Å². The van der Waals surface area contributed by atoms with Crippen molar-refractivity contribution in [2.45, 2.75) is 18.9 Å². The number of imidazole rings is 1. The van der Waals surface area contributed by atoms with E-state index in [9.17, 15) is 0 Å². The molecule has 0 aromatic carbocycles. The highest BCUT2D eigenvalue weighted by Crippen LogP contribution is 2.34. The molecule has 18 heavy (non-hydrogen) atoms. The van der Waals surface area contributed by atoms with Crippen molar-refractivity contribution < 1.29 is 5.11 Å². The van der Waals surface area contributed by atoms with Gasteiger partial charge < -0.3 is 9.67 Å². The average molecular weight is 265 g/mol. The van der Waals surface area contributed by atoms with Gasteiger partial charge >= 0.3 is 0 Å². The summed E-state index contributed by atoms with van der Waals surface area (Å²) in [5.74, 6) is 0.390. The van der Waals surface area contributed by atoms with Crippen molar-refractivity contribution in [3.63, 3.8) is 0 Å². The minimum atomic E-state index is 0.188. The minimum Gasteiger partial charge on any atom is -0.396 e. The number of halogens is 1. The quantitative estimate of drug-likeness (QED) is 0.680. The smallest absolute Gasteiger partial charge is 0.165 e. The average Bonchev–Trinajstić information content (AvgIpc) is 2.96.